The van der Waals surface area contributed by atoms with Crippen LogP contribution in [-0.2, 0) is 6.54 Å². The summed E-state index contributed by atoms with van der Waals surface area (Å²) >= 11 is 5.94. The zero-order valence-electron chi connectivity index (χ0n) is 10.8. The summed E-state index contributed by atoms with van der Waals surface area (Å²) in [6, 6.07) is 8.01. The number of carbonyl (C=O) groups is 2. The summed E-state index contributed by atoms with van der Waals surface area (Å²) in [6.45, 7) is 0.355. The summed E-state index contributed by atoms with van der Waals surface area (Å²) in [5.74, 6) is -1.71. The lowest BCUT2D eigenvalue weighted by atomic mass is 10.1. The van der Waals surface area contributed by atoms with Gasteiger partial charge in [-0.1, -0.05) is 23.7 Å². The van der Waals surface area contributed by atoms with E-state index in [0.717, 1.165) is 5.56 Å². The molecule has 0 unspecified atom stereocenters. The smallest absolute Gasteiger partial charge is 0.354 e. The zero-order valence-corrected chi connectivity index (χ0v) is 11.6. The molecule has 2 aromatic rings. The van der Waals surface area contributed by atoms with Gasteiger partial charge in [0.05, 0.1) is 10.6 Å². The Hall–Kier alpha value is -2.60. The summed E-state index contributed by atoms with van der Waals surface area (Å²) < 4.78 is 0. The summed E-state index contributed by atoms with van der Waals surface area (Å²) in [7, 11) is 0. The van der Waals surface area contributed by atoms with Crippen LogP contribution in [0.2, 0.25) is 5.02 Å². The second kappa shape index (κ2) is 6.23. The van der Waals surface area contributed by atoms with Crippen LogP contribution in [0.1, 0.15) is 26.4 Å². The molecule has 1 heterocycles. The van der Waals surface area contributed by atoms with Crippen molar-refractivity contribution in [2.45, 2.75) is 6.54 Å². The zero-order chi connectivity index (χ0) is 15.4. The number of carboxylic acid groups (broad SMARTS) is 1. The van der Waals surface area contributed by atoms with E-state index in [9.17, 15) is 9.59 Å². The quantitative estimate of drug-likeness (QED) is 0.785. The molecular weight excluding hydrogens is 294 g/mol. The number of hydrogen-bond acceptors (Lipinski definition) is 4. The number of aromatic carboxylic acids is 1. The number of carboxylic acids is 1. The number of halogens is 1. The minimum Gasteiger partial charge on any atom is -0.477 e. The maximum absolute atomic E-state index is 11.4. The topological polar surface area (TPSA) is 105 Å². The van der Waals surface area contributed by atoms with Crippen molar-refractivity contribution in [3.63, 3.8) is 0 Å². The molecule has 0 atom stereocenters. The van der Waals surface area contributed by atoms with Crippen LogP contribution in [0.25, 0.3) is 0 Å². The molecule has 1 aromatic heterocycles. The van der Waals surface area contributed by atoms with E-state index in [1.54, 1.807) is 24.3 Å². The predicted molar refractivity (Wildman–Crippen MR) is 78.5 cm³/mol. The van der Waals surface area contributed by atoms with Crippen molar-refractivity contribution in [2.24, 2.45) is 5.73 Å². The summed E-state index contributed by atoms with van der Waals surface area (Å²) in [5.41, 5.74) is 6.76. The maximum Gasteiger partial charge on any atom is 0.354 e. The highest BCUT2D eigenvalue weighted by Gasteiger charge is 2.12. The van der Waals surface area contributed by atoms with Gasteiger partial charge >= 0.3 is 5.97 Å². The molecule has 1 aromatic carbocycles. The van der Waals surface area contributed by atoms with Crippen molar-refractivity contribution in [3.8, 4) is 0 Å². The van der Waals surface area contributed by atoms with Gasteiger partial charge < -0.3 is 16.2 Å². The van der Waals surface area contributed by atoms with Crippen LogP contribution in [0.5, 0.6) is 0 Å². The number of carbonyl (C=O) groups excluding carboxylic acids is 1. The molecule has 108 valence electrons. The Morgan fingerprint density at radius 2 is 2.05 bits per heavy atom. The summed E-state index contributed by atoms with van der Waals surface area (Å²) in [5, 5.41) is 12.1. The van der Waals surface area contributed by atoms with Crippen LogP contribution in [0.4, 0.5) is 5.69 Å². The second-order valence-corrected chi connectivity index (χ2v) is 4.64. The number of nitrogens with two attached hydrogens (primary N) is 1. The van der Waals surface area contributed by atoms with Crippen molar-refractivity contribution >= 4 is 29.2 Å². The number of primary amides is 1. The number of hydrogen-bond donors (Lipinski definition) is 3. The van der Waals surface area contributed by atoms with Crippen LogP contribution >= 0.6 is 11.6 Å². The maximum atomic E-state index is 11.4. The number of nitrogens with zero attached hydrogens (tertiary/aromatic N) is 1. The molecule has 0 radical (unpaired) electrons. The van der Waals surface area contributed by atoms with Crippen molar-refractivity contribution in [3.05, 3.63) is 58.4 Å². The first kappa shape index (κ1) is 14.8. The molecule has 2 rings (SSSR count). The average Bonchev–Trinajstić information content (AvgIpc) is 2.45. The first-order valence-corrected chi connectivity index (χ1v) is 6.37. The largest absolute Gasteiger partial charge is 0.477 e. The first-order chi connectivity index (χ1) is 9.99. The van der Waals surface area contributed by atoms with Gasteiger partial charge in [-0.15, -0.1) is 0 Å². The monoisotopic (exact) mass is 305 g/mol. The molecule has 7 heteroatoms. The molecule has 1 amide bonds. The third-order valence-electron chi connectivity index (χ3n) is 2.79. The van der Waals surface area contributed by atoms with Gasteiger partial charge in [0.1, 0.15) is 5.69 Å². The SMILES string of the molecule is NC(=O)c1c(Cl)cccc1NCc1ccc(C(=O)O)nc1. The van der Waals surface area contributed by atoms with Crippen molar-refractivity contribution in [1.29, 1.82) is 0 Å². The Bertz CT molecular complexity index is 686. The van der Waals surface area contributed by atoms with Crippen LogP contribution in [-0.4, -0.2) is 22.0 Å². The van der Waals surface area contributed by atoms with Crippen molar-refractivity contribution in [2.75, 3.05) is 5.32 Å². The van der Waals surface area contributed by atoms with Gasteiger partial charge in [-0.05, 0) is 23.8 Å². The van der Waals surface area contributed by atoms with E-state index in [1.165, 1.54) is 12.3 Å². The molecule has 0 spiro atoms. The molecule has 0 aliphatic carbocycles. The molecule has 21 heavy (non-hydrogen) atoms. The number of anilines is 1. The Morgan fingerprint density at radius 3 is 2.62 bits per heavy atom. The molecule has 0 aliphatic rings. The lowest BCUT2D eigenvalue weighted by Gasteiger charge is -2.11. The molecule has 0 aliphatic heterocycles. The van der Waals surface area contributed by atoms with Gasteiger partial charge in [-0.2, -0.15) is 0 Å². The molecular formula is C14H12ClN3O3. The van der Waals surface area contributed by atoms with Crippen LogP contribution in [0.15, 0.2) is 36.5 Å². The van der Waals surface area contributed by atoms with E-state index < -0.39 is 11.9 Å². The average molecular weight is 306 g/mol. The molecule has 0 saturated carbocycles. The predicted octanol–water partition coefficient (Wildman–Crippen LogP) is 2.14. The third-order valence-corrected chi connectivity index (χ3v) is 3.10. The Kier molecular flexibility index (Phi) is 4.39. The van der Waals surface area contributed by atoms with Crippen LogP contribution in [0.3, 0.4) is 0 Å². The van der Waals surface area contributed by atoms with Gasteiger partial charge in [0, 0.05) is 18.4 Å². The minimum absolute atomic E-state index is 0.0284. The summed E-state index contributed by atoms with van der Waals surface area (Å²) in [4.78, 5) is 25.9. The van der Waals surface area contributed by atoms with Crippen LogP contribution in [0, 0.1) is 0 Å². The fraction of sp³-hybridized carbons (Fsp3) is 0.0714. The van der Waals surface area contributed by atoms with E-state index in [4.69, 9.17) is 22.4 Å². The number of nitrogens with one attached hydrogen (secondary N) is 1. The number of benzene rings is 1. The lowest BCUT2D eigenvalue weighted by molar-refractivity contribution is 0.0690. The highest BCUT2D eigenvalue weighted by Crippen LogP contribution is 2.24. The van der Waals surface area contributed by atoms with Gasteiger partial charge in [0.2, 0.25) is 0 Å². The van der Waals surface area contributed by atoms with E-state index in [2.05, 4.69) is 10.3 Å². The van der Waals surface area contributed by atoms with E-state index in [-0.39, 0.29) is 16.3 Å². The Labute approximate surface area is 125 Å². The fourth-order valence-corrected chi connectivity index (χ4v) is 2.04. The second-order valence-electron chi connectivity index (χ2n) is 4.24. The van der Waals surface area contributed by atoms with Crippen molar-refractivity contribution < 1.29 is 14.7 Å². The highest BCUT2D eigenvalue weighted by atomic mass is 35.5. The molecule has 0 bridgehead atoms. The number of aromatic nitrogens is 1. The van der Waals surface area contributed by atoms with Gasteiger partial charge in [0.25, 0.3) is 5.91 Å². The lowest BCUT2D eigenvalue weighted by Crippen LogP contribution is -2.15. The molecule has 0 saturated heterocycles. The Balaban J connectivity index is 2.15. The number of rotatable bonds is 5. The highest BCUT2D eigenvalue weighted by molar-refractivity contribution is 6.34. The summed E-state index contributed by atoms with van der Waals surface area (Å²) in [6.07, 6.45) is 1.45. The number of pyridine rings is 1. The molecule has 4 N–H and O–H groups in total. The van der Waals surface area contributed by atoms with Crippen LogP contribution < -0.4 is 11.1 Å². The van der Waals surface area contributed by atoms with Gasteiger partial charge in [-0.25, -0.2) is 9.78 Å². The third kappa shape index (κ3) is 3.49. The molecule has 6 nitrogen and oxygen atoms in total. The first-order valence-electron chi connectivity index (χ1n) is 5.99. The van der Waals surface area contributed by atoms with Crippen molar-refractivity contribution in [1.82, 2.24) is 4.98 Å². The number of amides is 1. The fourth-order valence-electron chi connectivity index (χ4n) is 1.77. The molecule has 0 fully saturated rings. The van der Waals surface area contributed by atoms with E-state index in [1.807, 2.05) is 0 Å². The van der Waals surface area contributed by atoms with E-state index >= 15 is 0 Å². The normalized spacial score (nSPS) is 10.1. The Morgan fingerprint density at radius 1 is 1.29 bits per heavy atom. The van der Waals surface area contributed by atoms with Gasteiger partial charge in [-0.3, -0.25) is 4.79 Å². The van der Waals surface area contributed by atoms with Gasteiger partial charge in [0.15, 0.2) is 0 Å². The standard InChI is InChI=1S/C14H12ClN3O3/c15-9-2-1-3-10(12(9)13(16)19)17-6-8-4-5-11(14(20)21)18-7-8/h1-5,7,17H,6H2,(H2,16,19)(H,20,21). The van der Waals surface area contributed by atoms with E-state index in [0.29, 0.717) is 12.2 Å². The minimum atomic E-state index is -1.08.